The van der Waals surface area contributed by atoms with Gasteiger partial charge in [-0.3, -0.25) is 0 Å². The molecule has 2 aromatic carbocycles. The quantitative estimate of drug-likeness (QED) is 0.301. The minimum atomic E-state index is 0.317. The molecular weight excluding hydrogens is 470 g/mol. The van der Waals surface area contributed by atoms with Crippen LogP contribution in [0.3, 0.4) is 0 Å². The Kier molecular flexibility index (Phi) is 10.6. The molecule has 2 aliphatic carbocycles. The summed E-state index contributed by atoms with van der Waals surface area (Å²) in [6.07, 6.45) is 17.8. The Bertz CT molecular complexity index is 977. The second-order valence-electron chi connectivity index (χ2n) is 9.74. The average Bonchev–Trinajstić information content (AvgIpc) is 2.95. The molecule has 0 saturated heterocycles. The number of ether oxygens (including phenoxy) is 3. The average molecular weight is 507 g/mol. The van der Waals surface area contributed by atoms with Crippen LogP contribution in [0.4, 0.5) is 8.78 Å². The minimum Gasteiger partial charge on any atom is -0.465 e. The van der Waals surface area contributed by atoms with Crippen LogP contribution in [0.1, 0.15) is 62.5 Å². The van der Waals surface area contributed by atoms with Crippen molar-refractivity contribution in [3.05, 3.63) is 108 Å². The number of rotatable bonds is 10. The van der Waals surface area contributed by atoms with E-state index < -0.39 is 0 Å². The molecule has 3 nitrogen and oxygen atoms in total. The lowest BCUT2D eigenvalue weighted by Crippen LogP contribution is -2.27. The van der Waals surface area contributed by atoms with E-state index >= 15 is 0 Å². The van der Waals surface area contributed by atoms with E-state index in [4.69, 9.17) is 14.2 Å². The first-order valence-electron chi connectivity index (χ1n) is 13.2. The van der Waals surface area contributed by atoms with Gasteiger partial charge in [-0.2, -0.15) is 0 Å². The van der Waals surface area contributed by atoms with Crippen molar-refractivity contribution in [2.24, 2.45) is 0 Å². The van der Waals surface area contributed by atoms with Gasteiger partial charge in [-0.05, 0) is 111 Å². The van der Waals surface area contributed by atoms with Crippen molar-refractivity contribution >= 4 is 0 Å². The number of hydrogen-bond acceptors (Lipinski definition) is 3. The van der Waals surface area contributed by atoms with Gasteiger partial charge in [0.1, 0.15) is 11.5 Å². The molecule has 0 amide bonds. The summed E-state index contributed by atoms with van der Waals surface area (Å²) in [7, 11) is 0. The molecule has 0 heterocycles. The lowest BCUT2D eigenvalue weighted by Gasteiger charge is -2.31. The highest BCUT2D eigenvalue weighted by molar-refractivity contribution is 5.30. The lowest BCUT2D eigenvalue weighted by molar-refractivity contribution is -0.0366. The monoisotopic (exact) mass is 506 g/mol. The van der Waals surface area contributed by atoms with Crippen molar-refractivity contribution in [2.45, 2.75) is 76.4 Å². The van der Waals surface area contributed by atoms with Crippen molar-refractivity contribution in [2.75, 3.05) is 0 Å². The Morgan fingerprint density at radius 1 is 0.595 bits per heavy atom. The molecule has 0 bridgehead atoms. The van der Waals surface area contributed by atoms with Gasteiger partial charge in [0, 0.05) is 0 Å². The second kappa shape index (κ2) is 14.5. The highest BCUT2D eigenvalue weighted by Crippen LogP contribution is 2.32. The molecule has 0 radical (unpaired) electrons. The highest BCUT2D eigenvalue weighted by atomic mass is 19.1. The minimum absolute atomic E-state index is 0.317. The number of allylic oxidation sites excluding steroid dienone is 4. The predicted octanol–water partition coefficient (Wildman–Crippen LogP) is 8.87. The normalized spacial score (nSPS) is 20.4. The zero-order valence-electron chi connectivity index (χ0n) is 21.3. The summed E-state index contributed by atoms with van der Waals surface area (Å²) in [5.74, 6) is 1.61. The summed E-state index contributed by atoms with van der Waals surface area (Å²) in [5, 5.41) is 0. The van der Waals surface area contributed by atoms with E-state index in [1.54, 1.807) is 0 Å². The van der Waals surface area contributed by atoms with E-state index in [-0.39, 0.29) is 0 Å². The maximum atomic E-state index is 12.1. The Morgan fingerprint density at radius 2 is 0.973 bits per heavy atom. The number of hydrogen-bond donors (Lipinski definition) is 0. The summed E-state index contributed by atoms with van der Waals surface area (Å²) < 4.78 is 42.4. The van der Waals surface area contributed by atoms with Crippen LogP contribution in [0.15, 0.2) is 97.0 Å². The summed E-state index contributed by atoms with van der Waals surface area (Å²) in [4.78, 5) is 0. The van der Waals surface area contributed by atoms with E-state index in [9.17, 15) is 8.78 Å². The second-order valence-corrected chi connectivity index (χ2v) is 9.74. The molecule has 196 valence electrons. The fourth-order valence-corrected chi connectivity index (χ4v) is 4.78. The van der Waals surface area contributed by atoms with E-state index in [0.29, 0.717) is 37.7 Å². The van der Waals surface area contributed by atoms with Gasteiger partial charge in [-0.1, -0.05) is 36.4 Å². The zero-order chi connectivity index (χ0) is 25.7. The smallest absolute Gasteiger partial charge is 0.126 e. The third kappa shape index (κ3) is 9.01. The number of benzene rings is 2. The van der Waals surface area contributed by atoms with Crippen LogP contribution in [0.2, 0.25) is 0 Å². The molecule has 2 fully saturated rings. The molecule has 2 aromatic rings. The molecule has 0 unspecified atom stereocenters. The Hall–Kier alpha value is -3.18. The van der Waals surface area contributed by atoms with Crippen LogP contribution in [0, 0.1) is 0 Å². The SMILES string of the molecule is FC=CCc1ccc(OC=C2CCC(OC3CCC(=COc4ccc(CC=CF)cc4)CC3)CC2)cc1. The summed E-state index contributed by atoms with van der Waals surface area (Å²) in [6, 6.07) is 15.5. The van der Waals surface area contributed by atoms with Crippen molar-refractivity contribution in [3.63, 3.8) is 0 Å². The molecule has 0 aliphatic heterocycles. The standard InChI is InChI=1S/C32H36F2O3/c33-21-1-3-25-5-13-29(14-6-25)35-23-27-9-17-31(18-10-27)37-32-19-11-28(12-20-32)24-36-30-15-7-26(8-16-30)4-2-22-34/h1-2,5-8,13-16,21-24,31-32H,3-4,9-12,17-20H2. The first kappa shape index (κ1) is 26.9. The molecule has 0 N–H and O–H groups in total. The van der Waals surface area contributed by atoms with Crippen molar-refractivity contribution in [3.8, 4) is 11.5 Å². The molecule has 5 heteroatoms. The largest absolute Gasteiger partial charge is 0.465 e. The van der Waals surface area contributed by atoms with Gasteiger partial charge in [0.15, 0.2) is 0 Å². The van der Waals surface area contributed by atoms with Crippen LogP contribution in [-0.4, -0.2) is 12.2 Å². The van der Waals surface area contributed by atoms with E-state index in [1.165, 1.54) is 23.3 Å². The molecule has 0 spiro atoms. The molecular formula is C32H36F2O3. The third-order valence-corrected chi connectivity index (χ3v) is 6.99. The molecule has 2 aliphatic rings. The van der Waals surface area contributed by atoms with Gasteiger partial charge in [0.25, 0.3) is 0 Å². The number of halogens is 2. The molecule has 4 rings (SSSR count). The van der Waals surface area contributed by atoms with Crippen molar-refractivity contribution in [1.29, 1.82) is 0 Å². The Morgan fingerprint density at radius 3 is 1.32 bits per heavy atom. The fraction of sp³-hybridized carbons (Fsp3) is 0.375. The lowest BCUT2D eigenvalue weighted by atomic mass is 9.91. The van der Waals surface area contributed by atoms with Gasteiger partial charge >= 0.3 is 0 Å². The van der Waals surface area contributed by atoms with Gasteiger partial charge in [-0.25, -0.2) is 8.78 Å². The summed E-state index contributed by atoms with van der Waals surface area (Å²) in [5.41, 5.74) is 4.75. The third-order valence-electron chi connectivity index (χ3n) is 6.99. The molecule has 37 heavy (non-hydrogen) atoms. The maximum Gasteiger partial charge on any atom is 0.126 e. The van der Waals surface area contributed by atoms with Gasteiger partial charge in [0.05, 0.1) is 37.4 Å². The predicted molar refractivity (Wildman–Crippen MR) is 144 cm³/mol. The van der Waals surface area contributed by atoms with Gasteiger partial charge in [-0.15, -0.1) is 0 Å². The highest BCUT2D eigenvalue weighted by Gasteiger charge is 2.24. The van der Waals surface area contributed by atoms with Crippen molar-refractivity contribution < 1.29 is 23.0 Å². The van der Waals surface area contributed by atoms with E-state index in [0.717, 1.165) is 74.0 Å². The maximum absolute atomic E-state index is 12.1. The van der Waals surface area contributed by atoms with Gasteiger partial charge in [0.2, 0.25) is 0 Å². The van der Waals surface area contributed by atoms with Crippen LogP contribution < -0.4 is 9.47 Å². The molecule has 0 aromatic heterocycles. The van der Waals surface area contributed by atoms with E-state index in [1.807, 2.05) is 61.1 Å². The van der Waals surface area contributed by atoms with Crippen molar-refractivity contribution in [1.82, 2.24) is 0 Å². The van der Waals surface area contributed by atoms with Crippen LogP contribution >= 0.6 is 0 Å². The van der Waals surface area contributed by atoms with E-state index in [2.05, 4.69) is 0 Å². The fourth-order valence-electron chi connectivity index (χ4n) is 4.78. The molecule has 2 saturated carbocycles. The first-order chi connectivity index (χ1) is 18.2. The zero-order valence-corrected chi connectivity index (χ0v) is 21.3. The summed E-state index contributed by atoms with van der Waals surface area (Å²) in [6.45, 7) is 0. The van der Waals surface area contributed by atoms with Gasteiger partial charge < -0.3 is 14.2 Å². The van der Waals surface area contributed by atoms with Crippen LogP contribution in [0.25, 0.3) is 0 Å². The first-order valence-corrected chi connectivity index (χ1v) is 13.2. The van der Waals surface area contributed by atoms with Crippen LogP contribution in [0.5, 0.6) is 11.5 Å². The Labute approximate surface area is 219 Å². The summed E-state index contributed by atoms with van der Waals surface area (Å²) >= 11 is 0. The molecule has 0 atom stereocenters. The topological polar surface area (TPSA) is 27.7 Å². The van der Waals surface area contributed by atoms with Crippen LogP contribution in [-0.2, 0) is 17.6 Å². The Balaban J connectivity index is 1.13.